The fourth-order valence-electron chi connectivity index (χ4n) is 1.55. The van der Waals surface area contributed by atoms with Crippen molar-refractivity contribution in [1.29, 1.82) is 0 Å². The topological polar surface area (TPSA) is 66.8 Å². The molecule has 2 N–H and O–H groups in total. The van der Waals surface area contributed by atoms with Gasteiger partial charge in [-0.3, -0.25) is 0 Å². The van der Waals surface area contributed by atoms with Crippen molar-refractivity contribution in [2.24, 2.45) is 0 Å². The Morgan fingerprint density at radius 3 is 2.63 bits per heavy atom. The summed E-state index contributed by atoms with van der Waals surface area (Å²) in [6.07, 6.45) is 3.60. The van der Waals surface area contributed by atoms with Crippen LogP contribution >= 0.6 is 0 Å². The summed E-state index contributed by atoms with van der Waals surface area (Å²) in [6.45, 7) is 3.72. The van der Waals surface area contributed by atoms with Crippen LogP contribution in [0.2, 0.25) is 0 Å². The predicted octanol–water partition coefficient (Wildman–Crippen LogP) is 2.58. The lowest BCUT2D eigenvalue weighted by atomic mass is 10.0. The van der Waals surface area contributed by atoms with Gasteiger partial charge in [0.1, 0.15) is 11.9 Å². The third-order valence-electron chi connectivity index (χ3n) is 2.47. The molecule has 4 heteroatoms. The molecule has 0 heterocycles. The highest BCUT2D eigenvalue weighted by Gasteiger charge is 2.10. The van der Waals surface area contributed by atoms with E-state index in [1.54, 1.807) is 24.3 Å². The Morgan fingerprint density at radius 2 is 2.05 bits per heavy atom. The van der Waals surface area contributed by atoms with Gasteiger partial charge in [-0.25, -0.2) is 4.79 Å². The van der Waals surface area contributed by atoms with Crippen LogP contribution < -0.4 is 0 Å². The maximum Gasteiger partial charge on any atom is 0.330 e. The van der Waals surface area contributed by atoms with Crippen molar-refractivity contribution in [2.75, 3.05) is 7.11 Å². The molecule has 0 amide bonds. The zero-order valence-electron chi connectivity index (χ0n) is 11.3. The molecule has 1 aromatic rings. The van der Waals surface area contributed by atoms with E-state index in [0.29, 0.717) is 11.1 Å². The average Bonchev–Trinajstić information content (AvgIpc) is 2.36. The van der Waals surface area contributed by atoms with Crippen LogP contribution in [0.3, 0.4) is 0 Å². The Morgan fingerprint density at radius 1 is 1.37 bits per heavy atom. The minimum atomic E-state index is -0.878. The summed E-state index contributed by atoms with van der Waals surface area (Å²) in [5, 5.41) is 19.7. The number of phenolic OH excluding ortho intramolecular Hbond substituents is 1. The lowest BCUT2D eigenvalue weighted by Gasteiger charge is -2.10. The van der Waals surface area contributed by atoms with Gasteiger partial charge in [-0.2, -0.15) is 0 Å². The van der Waals surface area contributed by atoms with E-state index in [1.165, 1.54) is 19.3 Å². The van der Waals surface area contributed by atoms with Gasteiger partial charge in [-0.15, -0.1) is 0 Å². The molecule has 0 aromatic heterocycles. The van der Waals surface area contributed by atoms with Gasteiger partial charge in [0.25, 0.3) is 0 Å². The number of phenols is 1. The number of carbonyl (C=O) groups excluding carboxylic acids is 1. The molecule has 0 fully saturated rings. The number of carbonyl (C=O) groups is 1. The molecule has 0 aliphatic rings. The van der Waals surface area contributed by atoms with Gasteiger partial charge >= 0.3 is 5.97 Å². The summed E-state index contributed by atoms with van der Waals surface area (Å²) in [5.41, 5.74) is 2.04. The van der Waals surface area contributed by atoms with Crippen molar-refractivity contribution in [3.8, 4) is 5.75 Å². The highest BCUT2D eigenvalue weighted by molar-refractivity contribution is 5.87. The van der Waals surface area contributed by atoms with Crippen molar-refractivity contribution in [2.45, 2.75) is 20.0 Å². The monoisotopic (exact) mass is 262 g/mol. The van der Waals surface area contributed by atoms with Gasteiger partial charge in [0.15, 0.2) is 0 Å². The minimum absolute atomic E-state index is 0.0141. The van der Waals surface area contributed by atoms with E-state index in [-0.39, 0.29) is 5.75 Å². The summed E-state index contributed by atoms with van der Waals surface area (Å²) in [5.74, 6) is -0.445. The van der Waals surface area contributed by atoms with Gasteiger partial charge in [0.2, 0.25) is 0 Å². The molecule has 0 saturated heterocycles. The third-order valence-corrected chi connectivity index (χ3v) is 2.47. The first-order valence-electron chi connectivity index (χ1n) is 5.86. The van der Waals surface area contributed by atoms with Crippen LogP contribution in [0.15, 0.2) is 35.9 Å². The van der Waals surface area contributed by atoms with Crippen LogP contribution in [0, 0.1) is 0 Å². The summed E-state index contributed by atoms with van der Waals surface area (Å²) in [6, 6.07) is 4.75. The normalized spacial score (nSPS) is 12.2. The maximum absolute atomic E-state index is 11.0. The highest BCUT2D eigenvalue weighted by atomic mass is 16.5. The maximum atomic E-state index is 11.0. The molecular formula is C15H18O4. The predicted molar refractivity (Wildman–Crippen MR) is 73.5 cm³/mol. The van der Waals surface area contributed by atoms with Crippen LogP contribution in [0.4, 0.5) is 0 Å². The van der Waals surface area contributed by atoms with E-state index in [9.17, 15) is 15.0 Å². The molecule has 0 radical (unpaired) electrons. The van der Waals surface area contributed by atoms with Crippen LogP contribution in [-0.4, -0.2) is 23.3 Å². The number of hydrogen-bond donors (Lipinski definition) is 2. The van der Waals surface area contributed by atoms with Crippen molar-refractivity contribution < 1.29 is 19.7 Å². The Balaban J connectivity index is 3.04. The number of esters is 1. The van der Waals surface area contributed by atoms with Gasteiger partial charge in [0, 0.05) is 11.6 Å². The largest absolute Gasteiger partial charge is 0.508 e. The second-order valence-corrected chi connectivity index (χ2v) is 4.36. The number of aliphatic hydroxyl groups excluding tert-OH is 1. The molecule has 1 aromatic carbocycles. The molecule has 1 unspecified atom stereocenters. The fourth-order valence-corrected chi connectivity index (χ4v) is 1.55. The van der Waals surface area contributed by atoms with Crippen LogP contribution in [0.5, 0.6) is 5.75 Å². The number of methoxy groups -OCH3 is 1. The number of aliphatic hydroxyl groups is 1. The molecule has 102 valence electrons. The zero-order valence-corrected chi connectivity index (χ0v) is 11.3. The van der Waals surface area contributed by atoms with E-state index in [2.05, 4.69) is 4.74 Å². The lowest BCUT2D eigenvalue weighted by molar-refractivity contribution is -0.134. The summed E-state index contributed by atoms with van der Waals surface area (Å²) in [7, 11) is 1.30. The van der Waals surface area contributed by atoms with Crippen LogP contribution in [-0.2, 0) is 9.53 Å². The molecule has 0 spiro atoms. The summed E-state index contributed by atoms with van der Waals surface area (Å²) in [4.78, 5) is 11.0. The molecule has 19 heavy (non-hydrogen) atoms. The highest BCUT2D eigenvalue weighted by Crippen LogP contribution is 2.27. The number of hydrogen-bond acceptors (Lipinski definition) is 4. The molecule has 0 bridgehead atoms. The standard InChI is InChI=1S/C15H18O4/c1-10(2)8-14(17)12-9-11(4-6-13(12)16)5-7-15(18)19-3/h4-9,14,16-17H,1-3H3. The van der Waals surface area contributed by atoms with Gasteiger partial charge in [0.05, 0.1) is 7.11 Å². The molecule has 0 saturated carbocycles. The van der Waals surface area contributed by atoms with Crippen LogP contribution in [0.1, 0.15) is 31.1 Å². The molecule has 1 atom stereocenters. The molecule has 4 nitrogen and oxygen atoms in total. The van der Waals surface area contributed by atoms with Crippen molar-refractivity contribution in [1.82, 2.24) is 0 Å². The lowest BCUT2D eigenvalue weighted by Crippen LogP contribution is -1.96. The van der Waals surface area contributed by atoms with E-state index in [1.807, 2.05) is 13.8 Å². The minimum Gasteiger partial charge on any atom is -0.508 e. The fraction of sp³-hybridized carbons (Fsp3) is 0.267. The van der Waals surface area contributed by atoms with E-state index in [4.69, 9.17) is 0 Å². The first-order chi connectivity index (χ1) is 8.93. The number of ether oxygens (including phenoxy) is 1. The van der Waals surface area contributed by atoms with E-state index in [0.717, 1.165) is 5.57 Å². The Hall–Kier alpha value is -2.07. The van der Waals surface area contributed by atoms with Crippen molar-refractivity contribution in [3.05, 3.63) is 47.1 Å². The number of benzene rings is 1. The Kier molecular flexibility index (Phi) is 5.33. The average molecular weight is 262 g/mol. The Labute approximate surface area is 112 Å². The van der Waals surface area contributed by atoms with Gasteiger partial charge in [-0.1, -0.05) is 17.7 Å². The SMILES string of the molecule is COC(=O)C=Cc1ccc(O)c(C(O)C=C(C)C)c1. The third kappa shape index (κ3) is 4.60. The summed E-state index contributed by atoms with van der Waals surface area (Å²) >= 11 is 0. The van der Waals surface area contributed by atoms with Crippen molar-refractivity contribution >= 4 is 12.0 Å². The van der Waals surface area contributed by atoms with Gasteiger partial charge < -0.3 is 14.9 Å². The number of allylic oxidation sites excluding steroid dienone is 1. The second-order valence-electron chi connectivity index (χ2n) is 4.36. The zero-order chi connectivity index (χ0) is 14.4. The van der Waals surface area contributed by atoms with E-state index < -0.39 is 12.1 Å². The molecule has 0 aliphatic heterocycles. The van der Waals surface area contributed by atoms with E-state index >= 15 is 0 Å². The van der Waals surface area contributed by atoms with Crippen LogP contribution in [0.25, 0.3) is 6.08 Å². The smallest absolute Gasteiger partial charge is 0.330 e. The first kappa shape index (κ1) is 15.0. The number of rotatable bonds is 4. The molecule has 0 aliphatic carbocycles. The quantitative estimate of drug-likeness (QED) is 0.497. The number of aromatic hydroxyl groups is 1. The van der Waals surface area contributed by atoms with Crippen molar-refractivity contribution in [3.63, 3.8) is 0 Å². The molecular weight excluding hydrogens is 244 g/mol. The second kappa shape index (κ2) is 6.75. The molecule has 1 rings (SSSR count). The summed E-state index contributed by atoms with van der Waals surface area (Å²) < 4.78 is 4.49. The van der Waals surface area contributed by atoms with Gasteiger partial charge in [-0.05, 0) is 37.6 Å². The Bertz CT molecular complexity index is 511. The first-order valence-corrected chi connectivity index (χ1v) is 5.86.